The fraction of sp³-hybridized carbons (Fsp3) is 0.348. The Morgan fingerprint density at radius 3 is 2.66 bits per heavy atom. The van der Waals surface area contributed by atoms with Crippen molar-refractivity contribution in [2.75, 3.05) is 13.2 Å². The van der Waals surface area contributed by atoms with Crippen LogP contribution in [-0.4, -0.2) is 29.2 Å². The fourth-order valence-electron chi connectivity index (χ4n) is 2.87. The second-order valence-electron chi connectivity index (χ2n) is 7.00. The molecule has 0 aliphatic rings. The minimum Gasteiger partial charge on any atom is -0.374 e. The summed E-state index contributed by atoms with van der Waals surface area (Å²) in [6, 6.07) is 18.0. The summed E-state index contributed by atoms with van der Waals surface area (Å²) in [5.74, 6) is 0.983. The first kappa shape index (κ1) is 20.7. The first-order valence-corrected chi connectivity index (χ1v) is 9.94. The topological polar surface area (TPSA) is 77.2 Å². The minimum atomic E-state index is -0.0313. The van der Waals surface area contributed by atoms with Crippen LogP contribution in [0.3, 0.4) is 0 Å². The highest BCUT2D eigenvalue weighted by atomic mass is 16.5. The third-order valence-corrected chi connectivity index (χ3v) is 4.62. The number of amides is 1. The van der Waals surface area contributed by atoms with Gasteiger partial charge in [-0.15, -0.1) is 0 Å². The minimum absolute atomic E-state index is 0.0313. The number of nitrogens with one attached hydrogen (secondary N) is 1. The van der Waals surface area contributed by atoms with Crippen LogP contribution in [0.5, 0.6) is 0 Å². The molecule has 1 heterocycles. The molecule has 0 fully saturated rings. The molecule has 152 valence electrons. The van der Waals surface area contributed by atoms with E-state index in [1.807, 2.05) is 68.4 Å². The molecule has 1 N–H and O–H groups in total. The maximum absolute atomic E-state index is 12.0. The molecule has 0 aliphatic carbocycles. The zero-order chi connectivity index (χ0) is 20.5. The van der Waals surface area contributed by atoms with E-state index in [9.17, 15) is 4.79 Å². The zero-order valence-electron chi connectivity index (χ0n) is 16.9. The number of hydrogen-bond donors (Lipinski definition) is 1. The lowest BCUT2D eigenvalue weighted by Crippen LogP contribution is -2.25. The van der Waals surface area contributed by atoms with E-state index in [0.29, 0.717) is 37.7 Å². The van der Waals surface area contributed by atoms with Gasteiger partial charge in [-0.25, -0.2) is 0 Å². The summed E-state index contributed by atoms with van der Waals surface area (Å²) in [6.45, 7) is 5.24. The van der Waals surface area contributed by atoms with Crippen LogP contribution < -0.4 is 5.32 Å². The van der Waals surface area contributed by atoms with Gasteiger partial charge in [0.1, 0.15) is 0 Å². The predicted octanol–water partition coefficient (Wildman–Crippen LogP) is 4.26. The maximum Gasteiger partial charge on any atom is 0.227 e. The summed E-state index contributed by atoms with van der Waals surface area (Å²) < 4.78 is 11.1. The Bertz CT molecular complexity index is 891. The van der Waals surface area contributed by atoms with Crippen LogP contribution in [0.1, 0.15) is 42.9 Å². The van der Waals surface area contributed by atoms with Crippen LogP contribution in [0.2, 0.25) is 0 Å². The molecular weight excluding hydrogens is 366 g/mol. The van der Waals surface area contributed by atoms with E-state index in [0.717, 1.165) is 17.5 Å². The van der Waals surface area contributed by atoms with Crippen molar-refractivity contribution in [2.24, 2.45) is 0 Å². The highest BCUT2D eigenvalue weighted by Crippen LogP contribution is 2.17. The number of carbonyl (C=O) groups excluding carboxylic acids is 1. The van der Waals surface area contributed by atoms with E-state index < -0.39 is 0 Å². The summed E-state index contributed by atoms with van der Waals surface area (Å²) in [7, 11) is 0. The average Bonchev–Trinajstić information content (AvgIpc) is 3.22. The van der Waals surface area contributed by atoms with Crippen molar-refractivity contribution in [3.63, 3.8) is 0 Å². The van der Waals surface area contributed by atoms with Crippen molar-refractivity contribution < 1.29 is 14.1 Å². The quantitative estimate of drug-likeness (QED) is 0.521. The van der Waals surface area contributed by atoms with E-state index >= 15 is 0 Å². The van der Waals surface area contributed by atoms with Crippen LogP contribution in [0.15, 0.2) is 59.1 Å². The lowest BCUT2D eigenvalue weighted by atomic mass is 10.1. The molecule has 3 aromatic rings. The number of aryl methyl sites for hydroxylation is 2. The molecule has 1 amide bonds. The van der Waals surface area contributed by atoms with E-state index in [1.165, 1.54) is 5.56 Å². The van der Waals surface area contributed by atoms with Crippen LogP contribution in [0, 0.1) is 6.92 Å². The van der Waals surface area contributed by atoms with Crippen molar-refractivity contribution in [3.05, 3.63) is 71.6 Å². The summed E-state index contributed by atoms with van der Waals surface area (Å²) in [5, 5.41) is 6.89. The van der Waals surface area contributed by atoms with Gasteiger partial charge in [-0.2, -0.15) is 4.98 Å². The van der Waals surface area contributed by atoms with E-state index in [2.05, 4.69) is 15.5 Å². The summed E-state index contributed by atoms with van der Waals surface area (Å²) in [6.07, 6.45) is 1.55. The number of hydrogen-bond acceptors (Lipinski definition) is 5. The number of ether oxygens (including phenoxy) is 1. The summed E-state index contributed by atoms with van der Waals surface area (Å²) >= 11 is 0. The van der Waals surface area contributed by atoms with E-state index in [-0.39, 0.29) is 12.0 Å². The molecule has 6 nitrogen and oxygen atoms in total. The fourth-order valence-corrected chi connectivity index (χ4v) is 2.87. The Morgan fingerprint density at radius 1 is 1.14 bits per heavy atom. The van der Waals surface area contributed by atoms with Gasteiger partial charge in [0, 0.05) is 31.6 Å². The lowest BCUT2D eigenvalue weighted by molar-refractivity contribution is -0.121. The smallest absolute Gasteiger partial charge is 0.227 e. The Morgan fingerprint density at radius 2 is 1.90 bits per heavy atom. The molecular formula is C23H27N3O3. The molecule has 6 heteroatoms. The van der Waals surface area contributed by atoms with E-state index in [4.69, 9.17) is 9.26 Å². The molecule has 3 rings (SSSR count). The van der Waals surface area contributed by atoms with Gasteiger partial charge >= 0.3 is 0 Å². The molecule has 1 unspecified atom stereocenters. The van der Waals surface area contributed by atoms with Gasteiger partial charge in [0.2, 0.25) is 17.6 Å². The van der Waals surface area contributed by atoms with Crippen molar-refractivity contribution in [1.29, 1.82) is 0 Å². The van der Waals surface area contributed by atoms with Crippen molar-refractivity contribution >= 4 is 5.91 Å². The van der Waals surface area contributed by atoms with Gasteiger partial charge in [-0.1, -0.05) is 65.3 Å². The van der Waals surface area contributed by atoms with Gasteiger partial charge in [0.25, 0.3) is 0 Å². The Labute approximate surface area is 171 Å². The highest BCUT2D eigenvalue weighted by Gasteiger charge is 2.11. The van der Waals surface area contributed by atoms with Crippen molar-refractivity contribution in [3.8, 4) is 11.4 Å². The van der Waals surface area contributed by atoms with Gasteiger partial charge < -0.3 is 14.6 Å². The van der Waals surface area contributed by atoms with Crippen LogP contribution in [0.4, 0.5) is 0 Å². The van der Waals surface area contributed by atoms with Gasteiger partial charge in [-0.05, 0) is 25.8 Å². The largest absolute Gasteiger partial charge is 0.374 e. The monoisotopic (exact) mass is 393 g/mol. The normalized spacial score (nSPS) is 11.9. The average molecular weight is 393 g/mol. The SMILES string of the molecule is Cc1ccc(-c2noc(CCC(=O)NCCCOC(C)c3ccccc3)n2)cc1. The van der Waals surface area contributed by atoms with Crippen molar-refractivity contribution in [1.82, 2.24) is 15.5 Å². The Balaban J connectivity index is 1.32. The molecule has 29 heavy (non-hydrogen) atoms. The number of carbonyl (C=O) groups is 1. The zero-order valence-corrected chi connectivity index (χ0v) is 16.9. The number of rotatable bonds is 10. The van der Waals surface area contributed by atoms with Gasteiger partial charge in [0.15, 0.2) is 0 Å². The van der Waals surface area contributed by atoms with Gasteiger partial charge in [-0.3, -0.25) is 4.79 Å². The third kappa shape index (κ3) is 6.54. The second kappa shape index (κ2) is 10.5. The van der Waals surface area contributed by atoms with Crippen LogP contribution in [-0.2, 0) is 16.0 Å². The maximum atomic E-state index is 12.0. The van der Waals surface area contributed by atoms with Crippen molar-refractivity contribution in [2.45, 2.75) is 39.2 Å². The molecule has 0 bridgehead atoms. The Kier molecular flexibility index (Phi) is 7.53. The second-order valence-corrected chi connectivity index (χ2v) is 7.00. The summed E-state index contributed by atoms with van der Waals surface area (Å²) in [4.78, 5) is 16.4. The predicted molar refractivity (Wildman–Crippen MR) is 111 cm³/mol. The molecule has 1 atom stereocenters. The molecule has 0 aliphatic heterocycles. The van der Waals surface area contributed by atoms with E-state index in [1.54, 1.807) is 0 Å². The number of nitrogens with zero attached hydrogens (tertiary/aromatic N) is 2. The van der Waals surface area contributed by atoms with Gasteiger partial charge in [0.05, 0.1) is 6.10 Å². The molecule has 0 radical (unpaired) electrons. The standard InChI is InChI=1S/C23H27N3O3/c1-17-9-11-20(12-10-17)23-25-22(29-26-23)14-13-21(27)24-15-6-16-28-18(2)19-7-4-3-5-8-19/h3-5,7-12,18H,6,13-16H2,1-2H3,(H,24,27). The number of aromatic nitrogens is 2. The third-order valence-electron chi connectivity index (χ3n) is 4.62. The molecule has 1 aromatic heterocycles. The molecule has 0 spiro atoms. The summed E-state index contributed by atoms with van der Waals surface area (Å²) in [5.41, 5.74) is 3.23. The first-order chi connectivity index (χ1) is 14.1. The lowest BCUT2D eigenvalue weighted by Gasteiger charge is -2.13. The Hall–Kier alpha value is -2.99. The van der Waals surface area contributed by atoms with Crippen LogP contribution >= 0.6 is 0 Å². The highest BCUT2D eigenvalue weighted by molar-refractivity contribution is 5.75. The molecule has 0 saturated carbocycles. The first-order valence-electron chi connectivity index (χ1n) is 9.94. The van der Waals surface area contributed by atoms with Crippen LogP contribution in [0.25, 0.3) is 11.4 Å². The number of benzene rings is 2. The molecule has 2 aromatic carbocycles. The molecule has 0 saturated heterocycles.